The van der Waals surface area contributed by atoms with E-state index < -0.39 is 10.0 Å². The van der Waals surface area contributed by atoms with Gasteiger partial charge in [-0.3, -0.25) is 4.79 Å². The Morgan fingerprint density at radius 3 is 2.38 bits per heavy atom. The molecule has 8 heteroatoms. The van der Waals surface area contributed by atoms with Crippen LogP contribution in [0.3, 0.4) is 0 Å². The van der Waals surface area contributed by atoms with E-state index in [0.29, 0.717) is 36.9 Å². The molecule has 1 aliphatic heterocycles. The van der Waals surface area contributed by atoms with Gasteiger partial charge in [0.25, 0.3) is 0 Å². The van der Waals surface area contributed by atoms with Gasteiger partial charge in [-0.1, -0.05) is 26.0 Å². The summed E-state index contributed by atoms with van der Waals surface area (Å²) < 4.78 is 26.4. The molecular formula is C18H30ClN3O3S. The van der Waals surface area contributed by atoms with Crippen molar-refractivity contribution in [1.29, 1.82) is 0 Å². The molecule has 0 spiro atoms. The monoisotopic (exact) mass is 403 g/mol. The molecule has 0 aromatic heterocycles. The molecule has 1 aliphatic rings. The van der Waals surface area contributed by atoms with Crippen LogP contribution in [0.5, 0.6) is 0 Å². The Kier molecular flexibility index (Phi) is 9.03. The Bertz CT molecular complexity index is 675. The van der Waals surface area contributed by atoms with Crippen LogP contribution in [0.2, 0.25) is 0 Å². The standard InChI is InChI=1S/C18H29N3O3S.ClH/c1-4-21(5-2)25(23,24)17-9-6-16(7-10-17)8-11-18(22)20-13-12-19-15(3)14-20;/h6-7,9-10,15,19H,4-5,8,11-14H2,1-3H3;1H. The number of nitrogens with zero attached hydrogens (tertiary/aromatic N) is 2. The van der Waals surface area contributed by atoms with Crippen molar-refractivity contribution in [3.05, 3.63) is 29.8 Å². The number of aryl methyl sites for hydroxylation is 1. The van der Waals surface area contributed by atoms with Crippen LogP contribution in [-0.4, -0.2) is 62.3 Å². The van der Waals surface area contributed by atoms with E-state index in [1.54, 1.807) is 12.1 Å². The molecule has 0 saturated carbocycles. The topological polar surface area (TPSA) is 69.7 Å². The molecule has 1 N–H and O–H groups in total. The Hall–Kier alpha value is -1.15. The second-order valence-electron chi connectivity index (χ2n) is 6.43. The summed E-state index contributed by atoms with van der Waals surface area (Å²) in [7, 11) is -3.42. The van der Waals surface area contributed by atoms with Gasteiger partial charge in [0.05, 0.1) is 4.90 Å². The molecule has 0 radical (unpaired) electrons. The summed E-state index contributed by atoms with van der Waals surface area (Å²) in [5, 5.41) is 3.32. The van der Waals surface area contributed by atoms with Crippen LogP contribution in [0.15, 0.2) is 29.2 Å². The van der Waals surface area contributed by atoms with Gasteiger partial charge in [0.2, 0.25) is 15.9 Å². The van der Waals surface area contributed by atoms with Crippen LogP contribution < -0.4 is 5.32 Å². The lowest BCUT2D eigenvalue weighted by Crippen LogP contribution is -2.51. The molecule has 1 atom stereocenters. The van der Waals surface area contributed by atoms with Crippen LogP contribution in [-0.2, 0) is 21.2 Å². The van der Waals surface area contributed by atoms with E-state index in [-0.39, 0.29) is 18.3 Å². The molecule has 1 fully saturated rings. The highest BCUT2D eigenvalue weighted by Crippen LogP contribution is 2.17. The molecule has 0 bridgehead atoms. The average Bonchev–Trinajstić information content (AvgIpc) is 2.61. The van der Waals surface area contributed by atoms with Gasteiger partial charge >= 0.3 is 0 Å². The van der Waals surface area contributed by atoms with Crippen LogP contribution in [0.1, 0.15) is 32.8 Å². The molecule has 2 rings (SSSR count). The van der Waals surface area contributed by atoms with Crippen LogP contribution >= 0.6 is 12.4 Å². The summed E-state index contributed by atoms with van der Waals surface area (Å²) in [6, 6.07) is 7.23. The number of hydrogen-bond donors (Lipinski definition) is 1. The number of sulfonamides is 1. The van der Waals surface area contributed by atoms with Gasteiger partial charge in [0.1, 0.15) is 0 Å². The smallest absolute Gasteiger partial charge is 0.243 e. The van der Waals surface area contributed by atoms with Gasteiger partial charge in [-0.05, 0) is 31.0 Å². The third-order valence-electron chi connectivity index (χ3n) is 4.62. The van der Waals surface area contributed by atoms with Gasteiger partial charge in [-0.2, -0.15) is 4.31 Å². The van der Waals surface area contributed by atoms with Crippen molar-refractivity contribution in [2.24, 2.45) is 0 Å². The van der Waals surface area contributed by atoms with Crippen molar-refractivity contribution in [1.82, 2.24) is 14.5 Å². The number of halogens is 1. The fraction of sp³-hybridized carbons (Fsp3) is 0.611. The molecule has 1 unspecified atom stereocenters. The predicted octanol–water partition coefficient (Wildman–Crippen LogP) is 1.89. The highest BCUT2D eigenvalue weighted by molar-refractivity contribution is 7.89. The molecule has 1 saturated heterocycles. The fourth-order valence-electron chi connectivity index (χ4n) is 3.11. The molecule has 6 nitrogen and oxygen atoms in total. The van der Waals surface area contributed by atoms with Crippen molar-refractivity contribution in [3.63, 3.8) is 0 Å². The first-order valence-corrected chi connectivity index (χ1v) is 10.4. The number of piperazine rings is 1. The zero-order valence-corrected chi connectivity index (χ0v) is 17.4. The lowest BCUT2D eigenvalue weighted by Gasteiger charge is -2.32. The highest BCUT2D eigenvalue weighted by Gasteiger charge is 2.22. The predicted molar refractivity (Wildman–Crippen MR) is 106 cm³/mol. The van der Waals surface area contributed by atoms with Gasteiger partial charge in [-0.15, -0.1) is 12.4 Å². The lowest BCUT2D eigenvalue weighted by molar-refractivity contribution is -0.132. The number of nitrogens with one attached hydrogen (secondary N) is 1. The number of carbonyl (C=O) groups excluding carboxylic acids is 1. The first-order chi connectivity index (χ1) is 11.9. The Labute approximate surface area is 163 Å². The average molecular weight is 404 g/mol. The number of hydrogen-bond acceptors (Lipinski definition) is 4. The molecule has 1 heterocycles. The normalized spacial score (nSPS) is 17.8. The maximum atomic E-state index is 12.5. The van der Waals surface area contributed by atoms with Crippen molar-refractivity contribution in [2.45, 2.75) is 44.6 Å². The quantitative estimate of drug-likeness (QED) is 0.754. The molecule has 1 aromatic rings. The molecule has 1 aromatic carbocycles. The summed E-state index contributed by atoms with van der Waals surface area (Å²) in [6.07, 6.45) is 1.08. The summed E-state index contributed by atoms with van der Waals surface area (Å²) >= 11 is 0. The third-order valence-corrected chi connectivity index (χ3v) is 6.68. The number of benzene rings is 1. The van der Waals surface area contributed by atoms with Crippen molar-refractivity contribution in [2.75, 3.05) is 32.7 Å². The summed E-state index contributed by atoms with van der Waals surface area (Å²) in [4.78, 5) is 14.5. The van der Waals surface area contributed by atoms with Crippen LogP contribution in [0.25, 0.3) is 0 Å². The second kappa shape index (κ2) is 10.3. The minimum Gasteiger partial charge on any atom is -0.340 e. The van der Waals surface area contributed by atoms with E-state index in [9.17, 15) is 13.2 Å². The van der Waals surface area contributed by atoms with Crippen molar-refractivity contribution in [3.8, 4) is 0 Å². The number of rotatable bonds is 7. The van der Waals surface area contributed by atoms with Crippen LogP contribution in [0, 0.1) is 0 Å². The Morgan fingerprint density at radius 1 is 1.23 bits per heavy atom. The fourth-order valence-corrected chi connectivity index (χ4v) is 4.57. The maximum Gasteiger partial charge on any atom is 0.243 e. The highest BCUT2D eigenvalue weighted by atomic mass is 35.5. The number of carbonyl (C=O) groups is 1. The second-order valence-corrected chi connectivity index (χ2v) is 8.37. The molecule has 26 heavy (non-hydrogen) atoms. The Morgan fingerprint density at radius 2 is 1.85 bits per heavy atom. The molecule has 0 aliphatic carbocycles. The summed E-state index contributed by atoms with van der Waals surface area (Å²) in [6.45, 7) is 9.00. The van der Waals surface area contributed by atoms with E-state index in [0.717, 1.165) is 25.2 Å². The first kappa shape index (κ1) is 22.9. The van der Waals surface area contributed by atoms with Gasteiger partial charge in [-0.25, -0.2) is 8.42 Å². The van der Waals surface area contributed by atoms with E-state index in [4.69, 9.17) is 0 Å². The van der Waals surface area contributed by atoms with E-state index >= 15 is 0 Å². The maximum absolute atomic E-state index is 12.5. The summed E-state index contributed by atoms with van der Waals surface area (Å²) in [5.41, 5.74) is 0.982. The molecule has 148 valence electrons. The van der Waals surface area contributed by atoms with Crippen molar-refractivity contribution < 1.29 is 13.2 Å². The zero-order valence-electron chi connectivity index (χ0n) is 15.8. The SMILES string of the molecule is CCN(CC)S(=O)(=O)c1ccc(CCC(=O)N2CCNC(C)C2)cc1.Cl. The minimum atomic E-state index is -3.42. The van der Waals surface area contributed by atoms with E-state index in [1.807, 2.05) is 30.9 Å². The van der Waals surface area contributed by atoms with E-state index in [2.05, 4.69) is 12.2 Å². The molecular weight excluding hydrogens is 374 g/mol. The van der Waals surface area contributed by atoms with Gasteiger partial charge in [0.15, 0.2) is 0 Å². The largest absolute Gasteiger partial charge is 0.340 e. The number of amides is 1. The molecule has 1 amide bonds. The van der Waals surface area contributed by atoms with Gasteiger partial charge in [0, 0.05) is 45.2 Å². The third kappa shape index (κ3) is 5.67. The zero-order chi connectivity index (χ0) is 18.4. The van der Waals surface area contributed by atoms with E-state index in [1.165, 1.54) is 4.31 Å². The van der Waals surface area contributed by atoms with Crippen molar-refractivity contribution >= 4 is 28.3 Å². The Balaban J connectivity index is 0.00000338. The first-order valence-electron chi connectivity index (χ1n) is 8.98. The minimum absolute atomic E-state index is 0. The van der Waals surface area contributed by atoms with Gasteiger partial charge < -0.3 is 10.2 Å². The van der Waals surface area contributed by atoms with Crippen LogP contribution in [0.4, 0.5) is 0 Å². The lowest BCUT2D eigenvalue weighted by atomic mass is 10.1. The summed E-state index contributed by atoms with van der Waals surface area (Å²) in [5.74, 6) is 0.160.